The molecule has 0 heterocycles. The van der Waals surface area contributed by atoms with Crippen molar-refractivity contribution < 1.29 is 23.1 Å². The summed E-state index contributed by atoms with van der Waals surface area (Å²) in [4.78, 5) is 23.7. The summed E-state index contributed by atoms with van der Waals surface area (Å²) in [7, 11) is 0. The van der Waals surface area contributed by atoms with Gasteiger partial charge in [-0.3, -0.25) is 4.79 Å². The molecule has 1 amide bonds. The maximum absolute atomic E-state index is 13.6. The van der Waals surface area contributed by atoms with Crippen LogP contribution in [-0.4, -0.2) is 23.5 Å². The highest BCUT2D eigenvalue weighted by atomic mass is 19.1. The second kappa shape index (κ2) is 6.20. The molecule has 1 aromatic carbocycles. The molecule has 1 atom stereocenters. The summed E-state index contributed by atoms with van der Waals surface area (Å²) in [5.74, 6) is -3.14. The van der Waals surface area contributed by atoms with Gasteiger partial charge in [0.2, 0.25) is 0 Å². The van der Waals surface area contributed by atoms with Gasteiger partial charge in [0.25, 0.3) is 5.91 Å². The Balaban J connectivity index is 2.82. The fourth-order valence-corrected chi connectivity index (χ4v) is 1.55. The van der Waals surface area contributed by atoms with E-state index >= 15 is 0 Å². The Morgan fingerprint density at radius 1 is 1.19 bits per heavy atom. The maximum atomic E-state index is 13.6. The van der Waals surface area contributed by atoms with Crippen LogP contribution in [0.1, 0.15) is 43.6 Å². The highest BCUT2D eigenvalue weighted by Crippen LogP contribution is 2.15. The van der Waals surface area contributed by atoms with Crippen LogP contribution < -0.4 is 5.32 Å². The molecule has 1 N–H and O–H groups in total. The van der Waals surface area contributed by atoms with Crippen LogP contribution in [0.4, 0.5) is 8.78 Å². The van der Waals surface area contributed by atoms with Crippen LogP contribution in [0.3, 0.4) is 0 Å². The van der Waals surface area contributed by atoms with Crippen molar-refractivity contribution in [2.75, 3.05) is 0 Å². The van der Waals surface area contributed by atoms with Crippen molar-refractivity contribution in [2.24, 2.45) is 0 Å². The Morgan fingerprint density at radius 2 is 1.76 bits per heavy atom. The Labute approximate surface area is 122 Å². The first-order valence-corrected chi connectivity index (χ1v) is 6.50. The number of carbonyl (C=O) groups excluding carboxylic acids is 2. The van der Waals surface area contributed by atoms with Crippen molar-refractivity contribution in [1.29, 1.82) is 0 Å². The summed E-state index contributed by atoms with van der Waals surface area (Å²) in [6.45, 7) is 7.94. The summed E-state index contributed by atoms with van der Waals surface area (Å²) in [6, 6.07) is 0.797. The van der Waals surface area contributed by atoms with Crippen molar-refractivity contribution in [1.82, 2.24) is 5.32 Å². The molecule has 0 radical (unpaired) electrons. The fraction of sp³-hybridized carbons (Fsp3) is 0.467. The summed E-state index contributed by atoms with van der Waals surface area (Å²) in [5, 5.41) is 2.33. The molecule has 21 heavy (non-hydrogen) atoms. The summed E-state index contributed by atoms with van der Waals surface area (Å²) < 4.78 is 31.8. The number of nitrogens with one attached hydrogen (secondary N) is 1. The summed E-state index contributed by atoms with van der Waals surface area (Å²) in [6.07, 6.45) is 0. The van der Waals surface area contributed by atoms with E-state index in [9.17, 15) is 18.4 Å². The lowest BCUT2D eigenvalue weighted by Gasteiger charge is -2.22. The van der Waals surface area contributed by atoms with Crippen molar-refractivity contribution in [2.45, 2.75) is 46.3 Å². The lowest BCUT2D eigenvalue weighted by Crippen LogP contribution is -2.42. The summed E-state index contributed by atoms with van der Waals surface area (Å²) in [5.41, 5.74) is -0.857. The van der Waals surface area contributed by atoms with Gasteiger partial charge in [-0.05, 0) is 46.2 Å². The van der Waals surface area contributed by atoms with Crippen molar-refractivity contribution in [3.8, 4) is 0 Å². The van der Waals surface area contributed by atoms with E-state index in [1.54, 1.807) is 20.8 Å². The number of ether oxygens (including phenoxy) is 1. The zero-order chi connectivity index (χ0) is 16.4. The number of aryl methyl sites for hydroxylation is 1. The van der Waals surface area contributed by atoms with Gasteiger partial charge in [-0.25, -0.2) is 13.6 Å². The highest BCUT2D eigenvalue weighted by molar-refractivity contribution is 5.97. The van der Waals surface area contributed by atoms with Crippen LogP contribution in [0.5, 0.6) is 0 Å². The minimum absolute atomic E-state index is 0.145. The first-order valence-electron chi connectivity index (χ1n) is 6.50. The fourth-order valence-electron chi connectivity index (χ4n) is 1.55. The monoisotopic (exact) mass is 299 g/mol. The zero-order valence-corrected chi connectivity index (χ0v) is 12.7. The van der Waals surface area contributed by atoms with Crippen LogP contribution in [0.25, 0.3) is 0 Å². The lowest BCUT2D eigenvalue weighted by molar-refractivity contribution is -0.156. The standard InChI is InChI=1S/C15H19F2NO3/c1-8-6-10(12(17)7-11(8)16)13(19)18-9(2)14(20)21-15(3,4)5/h6-7,9H,1-5H3,(H,18,19)/t9-/m1/s1. The van der Waals surface area contributed by atoms with E-state index in [2.05, 4.69) is 5.32 Å². The van der Waals surface area contributed by atoms with Gasteiger partial charge in [0.05, 0.1) is 5.56 Å². The SMILES string of the molecule is Cc1cc(C(=O)N[C@H](C)C(=O)OC(C)(C)C)c(F)cc1F. The normalized spacial score (nSPS) is 12.7. The van der Waals surface area contributed by atoms with E-state index < -0.39 is 35.2 Å². The van der Waals surface area contributed by atoms with E-state index in [1.807, 2.05) is 0 Å². The molecule has 116 valence electrons. The first-order chi connectivity index (χ1) is 9.51. The maximum Gasteiger partial charge on any atom is 0.328 e. The third-order valence-corrected chi connectivity index (χ3v) is 2.60. The number of esters is 1. The molecule has 0 aliphatic rings. The van der Waals surface area contributed by atoms with E-state index in [0.717, 1.165) is 6.07 Å². The molecule has 0 saturated heterocycles. The number of amides is 1. The van der Waals surface area contributed by atoms with Crippen LogP contribution in [-0.2, 0) is 9.53 Å². The Hall–Kier alpha value is -1.98. The average molecular weight is 299 g/mol. The summed E-state index contributed by atoms with van der Waals surface area (Å²) >= 11 is 0. The molecule has 0 aliphatic heterocycles. The molecule has 0 aromatic heterocycles. The lowest BCUT2D eigenvalue weighted by atomic mass is 10.1. The Kier molecular flexibility index (Phi) is 5.04. The molecule has 0 bridgehead atoms. The van der Waals surface area contributed by atoms with Crippen LogP contribution in [0.2, 0.25) is 0 Å². The molecule has 6 heteroatoms. The van der Waals surface area contributed by atoms with E-state index in [1.165, 1.54) is 13.8 Å². The third-order valence-electron chi connectivity index (χ3n) is 2.60. The van der Waals surface area contributed by atoms with E-state index in [4.69, 9.17) is 4.74 Å². The van der Waals surface area contributed by atoms with Crippen molar-refractivity contribution in [3.05, 3.63) is 34.9 Å². The largest absolute Gasteiger partial charge is 0.458 e. The van der Waals surface area contributed by atoms with Gasteiger partial charge >= 0.3 is 5.97 Å². The van der Waals surface area contributed by atoms with Crippen molar-refractivity contribution >= 4 is 11.9 Å². The van der Waals surface area contributed by atoms with E-state index in [-0.39, 0.29) is 11.1 Å². The number of halogens is 2. The number of hydrogen-bond donors (Lipinski definition) is 1. The number of benzene rings is 1. The smallest absolute Gasteiger partial charge is 0.328 e. The van der Waals surface area contributed by atoms with Gasteiger partial charge in [0.15, 0.2) is 0 Å². The predicted molar refractivity (Wildman–Crippen MR) is 73.9 cm³/mol. The average Bonchev–Trinajstić information content (AvgIpc) is 2.31. The van der Waals surface area contributed by atoms with Gasteiger partial charge in [-0.1, -0.05) is 0 Å². The van der Waals surface area contributed by atoms with Gasteiger partial charge in [-0.15, -0.1) is 0 Å². The number of hydrogen-bond acceptors (Lipinski definition) is 3. The number of rotatable bonds is 3. The van der Waals surface area contributed by atoms with Crippen LogP contribution in [0, 0.1) is 18.6 Å². The molecule has 4 nitrogen and oxygen atoms in total. The van der Waals surface area contributed by atoms with E-state index in [0.29, 0.717) is 6.07 Å². The molecular formula is C15H19F2NO3. The van der Waals surface area contributed by atoms with Crippen LogP contribution in [0.15, 0.2) is 12.1 Å². The van der Waals surface area contributed by atoms with Gasteiger partial charge in [-0.2, -0.15) is 0 Å². The van der Waals surface area contributed by atoms with Crippen molar-refractivity contribution in [3.63, 3.8) is 0 Å². The Bertz CT molecular complexity index is 565. The van der Waals surface area contributed by atoms with Crippen LogP contribution >= 0.6 is 0 Å². The molecule has 0 aliphatic carbocycles. The Morgan fingerprint density at radius 3 is 2.29 bits per heavy atom. The highest BCUT2D eigenvalue weighted by Gasteiger charge is 2.24. The quantitative estimate of drug-likeness (QED) is 0.873. The van der Waals surface area contributed by atoms with Gasteiger partial charge in [0, 0.05) is 6.07 Å². The molecule has 0 fully saturated rings. The van der Waals surface area contributed by atoms with Gasteiger partial charge in [0.1, 0.15) is 23.3 Å². The minimum atomic E-state index is -0.980. The zero-order valence-electron chi connectivity index (χ0n) is 12.7. The molecule has 0 spiro atoms. The molecule has 1 rings (SSSR count). The molecule has 0 saturated carbocycles. The second-order valence-electron chi connectivity index (χ2n) is 5.81. The minimum Gasteiger partial charge on any atom is -0.458 e. The number of carbonyl (C=O) groups is 2. The second-order valence-corrected chi connectivity index (χ2v) is 5.81. The molecule has 0 unspecified atom stereocenters. The molecule has 1 aromatic rings. The molecular weight excluding hydrogens is 280 g/mol. The van der Waals surface area contributed by atoms with Gasteiger partial charge < -0.3 is 10.1 Å². The first kappa shape index (κ1) is 17.1. The topological polar surface area (TPSA) is 55.4 Å². The third kappa shape index (κ3) is 4.81. The predicted octanol–water partition coefficient (Wildman–Crippen LogP) is 2.73.